The van der Waals surface area contributed by atoms with Crippen LogP contribution in [0, 0.1) is 11.3 Å². The van der Waals surface area contributed by atoms with E-state index in [2.05, 4.69) is 5.32 Å². The third kappa shape index (κ3) is 3.29. The highest BCUT2D eigenvalue weighted by atomic mass is 35.5. The molecular formula is C13H15ClN4O3. The van der Waals surface area contributed by atoms with Crippen LogP contribution in [-0.2, 0) is 0 Å². The number of rotatable bonds is 2. The molecule has 1 aliphatic rings. The van der Waals surface area contributed by atoms with Gasteiger partial charge in [0.15, 0.2) is 0 Å². The molecule has 1 aliphatic heterocycles. The van der Waals surface area contributed by atoms with Gasteiger partial charge in [-0.3, -0.25) is 0 Å². The quantitative estimate of drug-likeness (QED) is 0.604. The molecule has 2 rings (SSSR count). The number of nitrogen functional groups attached to an aromatic ring is 1. The van der Waals surface area contributed by atoms with Gasteiger partial charge >= 0.3 is 6.09 Å². The number of carbonyl (C=O) groups is 1. The summed E-state index contributed by atoms with van der Waals surface area (Å²) in [4.78, 5) is 12.4. The fraction of sp³-hybridized carbons (Fsp3) is 0.385. The molecule has 1 amide bonds. The van der Waals surface area contributed by atoms with Gasteiger partial charge in [0.05, 0.1) is 40.2 Å². The second-order valence-electron chi connectivity index (χ2n) is 4.87. The van der Waals surface area contributed by atoms with Gasteiger partial charge in [-0.1, -0.05) is 11.6 Å². The number of nitrogens with two attached hydrogens (primary N) is 1. The molecule has 8 heteroatoms. The number of hydrogen-bond acceptors (Lipinski definition) is 5. The molecule has 1 aromatic carbocycles. The van der Waals surface area contributed by atoms with Gasteiger partial charge in [-0.2, -0.15) is 5.26 Å². The molecule has 1 heterocycles. The van der Waals surface area contributed by atoms with Crippen molar-refractivity contribution in [1.82, 2.24) is 5.32 Å². The van der Waals surface area contributed by atoms with E-state index < -0.39 is 18.2 Å². The van der Waals surface area contributed by atoms with Crippen LogP contribution in [0.3, 0.4) is 0 Å². The standard InChI is InChI=1S/C13H15ClN4O3/c14-12-8(16)3-7(5-15)4-10(12)18-2-1-9(11(19)6-18)17-13(20)21/h3-4,9,11,17,19H,1-2,6,16H2,(H,20,21)/t9-,11+/m1/s1. The highest BCUT2D eigenvalue weighted by Crippen LogP contribution is 2.34. The number of nitrogens with one attached hydrogen (secondary N) is 1. The summed E-state index contributed by atoms with van der Waals surface area (Å²) in [6, 6.07) is 4.58. The van der Waals surface area contributed by atoms with Crippen molar-refractivity contribution in [2.75, 3.05) is 23.7 Å². The smallest absolute Gasteiger partial charge is 0.404 e. The Morgan fingerprint density at radius 1 is 1.57 bits per heavy atom. The Morgan fingerprint density at radius 3 is 2.86 bits per heavy atom. The summed E-state index contributed by atoms with van der Waals surface area (Å²) >= 11 is 6.16. The molecule has 0 aliphatic carbocycles. The number of benzene rings is 1. The Kier molecular flexibility index (Phi) is 4.40. The fourth-order valence-corrected chi connectivity index (χ4v) is 2.63. The molecule has 7 nitrogen and oxygen atoms in total. The van der Waals surface area contributed by atoms with Crippen LogP contribution in [0.15, 0.2) is 12.1 Å². The van der Waals surface area contributed by atoms with Crippen LogP contribution in [-0.4, -0.2) is 41.5 Å². The van der Waals surface area contributed by atoms with Gasteiger partial charge in [0.1, 0.15) is 0 Å². The van der Waals surface area contributed by atoms with Gasteiger partial charge in [-0.05, 0) is 18.6 Å². The number of carboxylic acid groups (broad SMARTS) is 1. The molecule has 0 spiro atoms. The van der Waals surface area contributed by atoms with Crippen molar-refractivity contribution >= 4 is 29.1 Å². The lowest BCUT2D eigenvalue weighted by Crippen LogP contribution is -2.54. The molecular weight excluding hydrogens is 296 g/mol. The van der Waals surface area contributed by atoms with Crippen molar-refractivity contribution < 1.29 is 15.0 Å². The van der Waals surface area contributed by atoms with Gasteiger partial charge in [0, 0.05) is 13.1 Å². The summed E-state index contributed by atoms with van der Waals surface area (Å²) in [5, 5.41) is 30.3. The number of nitriles is 1. The highest BCUT2D eigenvalue weighted by molar-refractivity contribution is 6.35. The predicted molar refractivity (Wildman–Crippen MR) is 78.4 cm³/mol. The molecule has 5 N–H and O–H groups in total. The number of β-amino-alcohol motifs (C(OH)–C–C–N with tert-alkyl or cyclic N) is 1. The van der Waals surface area contributed by atoms with E-state index in [1.54, 1.807) is 11.0 Å². The zero-order valence-electron chi connectivity index (χ0n) is 11.1. The third-order valence-corrected chi connectivity index (χ3v) is 3.85. The van der Waals surface area contributed by atoms with Gasteiger partial charge in [0.2, 0.25) is 0 Å². The first-order chi connectivity index (χ1) is 9.92. The second kappa shape index (κ2) is 6.08. The Bertz CT molecular complexity index is 602. The average molecular weight is 311 g/mol. The van der Waals surface area contributed by atoms with Crippen molar-refractivity contribution in [2.24, 2.45) is 0 Å². The normalized spacial score (nSPS) is 21.7. The molecule has 2 atom stereocenters. The number of anilines is 2. The number of halogens is 1. The number of piperidine rings is 1. The monoisotopic (exact) mass is 310 g/mol. The summed E-state index contributed by atoms with van der Waals surface area (Å²) in [7, 11) is 0. The van der Waals surface area contributed by atoms with Crippen molar-refractivity contribution in [3.63, 3.8) is 0 Å². The number of aliphatic hydroxyl groups is 1. The first kappa shape index (κ1) is 15.2. The van der Waals surface area contributed by atoms with E-state index in [9.17, 15) is 9.90 Å². The molecule has 21 heavy (non-hydrogen) atoms. The van der Waals surface area contributed by atoms with Crippen LogP contribution in [0.25, 0.3) is 0 Å². The number of hydrogen-bond donors (Lipinski definition) is 4. The first-order valence-corrected chi connectivity index (χ1v) is 6.71. The summed E-state index contributed by atoms with van der Waals surface area (Å²) < 4.78 is 0. The van der Waals surface area contributed by atoms with Crippen LogP contribution >= 0.6 is 11.6 Å². The molecule has 0 bridgehead atoms. The zero-order valence-corrected chi connectivity index (χ0v) is 11.8. The van der Waals surface area contributed by atoms with Crippen LogP contribution in [0.4, 0.5) is 16.2 Å². The van der Waals surface area contributed by atoms with Crippen LogP contribution in [0.2, 0.25) is 5.02 Å². The molecule has 1 saturated heterocycles. The topological polar surface area (TPSA) is 123 Å². The van der Waals surface area contributed by atoms with E-state index >= 15 is 0 Å². The number of amides is 1. The Hall–Kier alpha value is -2.17. The minimum Gasteiger partial charge on any atom is -0.465 e. The van der Waals surface area contributed by atoms with E-state index in [1.165, 1.54) is 6.07 Å². The zero-order chi connectivity index (χ0) is 15.6. The number of nitrogens with zero attached hydrogens (tertiary/aromatic N) is 2. The molecule has 0 saturated carbocycles. The summed E-state index contributed by atoms with van der Waals surface area (Å²) in [5.41, 5.74) is 7.02. The first-order valence-electron chi connectivity index (χ1n) is 6.34. The van der Waals surface area contributed by atoms with E-state index in [0.29, 0.717) is 34.9 Å². The maximum atomic E-state index is 10.6. The van der Waals surface area contributed by atoms with Gasteiger partial charge in [-0.15, -0.1) is 0 Å². The SMILES string of the molecule is N#Cc1cc(N)c(Cl)c(N2CC[C@@H](NC(=O)O)[C@@H](O)C2)c1. The van der Waals surface area contributed by atoms with Crippen molar-refractivity contribution in [3.8, 4) is 6.07 Å². The Labute approximate surface area is 126 Å². The predicted octanol–water partition coefficient (Wildman–Crippen LogP) is 1.00. The van der Waals surface area contributed by atoms with Crippen molar-refractivity contribution in [2.45, 2.75) is 18.6 Å². The van der Waals surface area contributed by atoms with E-state index in [4.69, 9.17) is 27.7 Å². The summed E-state index contributed by atoms with van der Waals surface area (Å²) in [6.45, 7) is 0.703. The maximum absolute atomic E-state index is 10.6. The van der Waals surface area contributed by atoms with Gasteiger partial charge < -0.3 is 26.2 Å². The molecule has 0 radical (unpaired) electrons. The summed E-state index contributed by atoms with van der Waals surface area (Å²) in [5.74, 6) is 0. The molecule has 1 fully saturated rings. The average Bonchev–Trinajstić information content (AvgIpc) is 2.43. The van der Waals surface area contributed by atoms with E-state index in [0.717, 1.165) is 0 Å². The Balaban J connectivity index is 2.20. The van der Waals surface area contributed by atoms with Crippen molar-refractivity contribution in [3.05, 3.63) is 22.7 Å². The molecule has 1 aromatic rings. The molecule has 0 unspecified atom stereocenters. The Morgan fingerprint density at radius 2 is 2.29 bits per heavy atom. The maximum Gasteiger partial charge on any atom is 0.404 e. The lowest BCUT2D eigenvalue weighted by Gasteiger charge is -2.37. The van der Waals surface area contributed by atoms with E-state index in [-0.39, 0.29) is 6.54 Å². The van der Waals surface area contributed by atoms with Gasteiger partial charge in [0.25, 0.3) is 0 Å². The van der Waals surface area contributed by atoms with Crippen molar-refractivity contribution in [1.29, 1.82) is 5.26 Å². The van der Waals surface area contributed by atoms with Gasteiger partial charge in [-0.25, -0.2) is 4.79 Å². The third-order valence-electron chi connectivity index (χ3n) is 3.44. The summed E-state index contributed by atoms with van der Waals surface area (Å²) in [6.07, 6.45) is -1.60. The number of aliphatic hydroxyl groups excluding tert-OH is 1. The van der Waals surface area contributed by atoms with Crippen LogP contribution in [0.1, 0.15) is 12.0 Å². The minimum absolute atomic E-state index is 0.207. The van der Waals surface area contributed by atoms with Crippen LogP contribution < -0.4 is 16.0 Å². The minimum atomic E-state index is -1.17. The largest absolute Gasteiger partial charge is 0.465 e. The fourth-order valence-electron chi connectivity index (χ4n) is 2.40. The lowest BCUT2D eigenvalue weighted by molar-refractivity contribution is 0.108. The lowest BCUT2D eigenvalue weighted by atomic mass is 10.0. The second-order valence-corrected chi connectivity index (χ2v) is 5.25. The molecule has 112 valence electrons. The molecule has 0 aromatic heterocycles. The van der Waals surface area contributed by atoms with E-state index in [1.807, 2.05) is 6.07 Å². The highest BCUT2D eigenvalue weighted by Gasteiger charge is 2.30. The van der Waals surface area contributed by atoms with Crippen LogP contribution in [0.5, 0.6) is 0 Å².